The number of aliphatic hydroxyl groups excluding tert-OH is 1. The molecule has 3 heteroatoms. The molecule has 0 saturated carbocycles. The Hall–Kier alpha value is -1.77. The molecule has 0 spiro atoms. The van der Waals surface area contributed by atoms with Crippen LogP contribution in [-0.2, 0) is 4.74 Å². The number of epoxide rings is 1. The van der Waals surface area contributed by atoms with Gasteiger partial charge in [-0.25, -0.2) is 0 Å². The summed E-state index contributed by atoms with van der Waals surface area (Å²) in [6.07, 6.45) is 2.10. The maximum atomic E-state index is 12.2. The number of fused-ring (bicyclic) bond motifs is 1. The summed E-state index contributed by atoms with van der Waals surface area (Å²) in [5, 5.41) is 9.58. The maximum Gasteiger partial charge on any atom is 0.231 e. The molecule has 1 aromatic carbocycles. The van der Waals surface area contributed by atoms with E-state index in [1.807, 2.05) is 18.2 Å². The molecular weight excluding hydrogens is 204 g/mol. The molecule has 0 bridgehead atoms. The highest BCUT2D eigenvalue weighted by molar-refractivity contribution is 6.07. The van der Waals surface area contributed by atoms with Gasteiger partial charge in [-0.2, -0.15) is 0 Å². The summed E-state index contributed by atoms with van der Waals surface area (Å²) in [6.45, 7) is 0. The molecule has 3 rings (SSSR count). The average Bonchev–Trinajstić information content (AvgIpc) is 3.07. The van der Waals surface area contributed by atoms with Gasteiger partial charge < -0.3 is 9.84 Å². The molecule has 1 aliphatic heterocycles. The number of carbonyl (C=O) groups is 1. The molecule has 1 unspecified atom stereocenters. The Kier molecular flexibility index (Phi) is 1.84. The van der Waals surface area contributed by atoms with E-state index in [2.05, 4.69) is 0 Å². The second-order valence-electron chi connectivity index (χ2n) is 4.25. The number of aliphatic hydroxyl groups is 1. The van der Waals surface area contributed by atoms with E-state index in [9.17, 15) is 9.90 Å². The highest BCUT2D eigenvalue weighted by Gasteiger charge is 2.62. The minimum atomic E-state index is -0.830. The average molecular weight is 216 g/mol. The lowest BCUT2D eigenvalue weighted by atomic mass is 9.87. The van der Waals surface area contributed by atoms with Gasteiger partial charge in [-0.1, -0.05) is 30.3 Å². The van der Waals surface area contributed by atoms with Gasteiger partial charge in [0.15, 0.2) is 5.76 Å². The number of allylic oxidation sites excluding steroid dienone is 1. The summed E-state index contributed by atoms with van der Waals surface area (Å²) in [7, 11) is 0. The third-order valence-electron chi connectivity index (χ3n) is 3.21. The Bertz CT molecular complexity index is 475. The van der Waals surface area contributed by atoms with Crippen LogP contribution in [0.25, 0.3) is 0 Å². The van der Waals surface area contributed by atoms with E-state index in [1.165, 1.54) is 0 Å². The van der Waals surface area contributed by atoms with Crippen LogP contribution < -0.4 is 0 Å². The van der Waals surface area contributed by atoms with Gasteiger partial charge in [0.2, 0.25) is 11.4 Å². The monoisotopic (exact) mass is 216 g/mol. The summed E-state index contributed by atoms with van der Waals surface area (Å²) >= 11 is 0. The van der Waals surface area contributed by atoms with Crippen molar-refractivity contribution < 1.29 is 14.6 Å². The van der Waals surface area contributed by atoms with Gasteiger partial charge in [-0.15, -0.1) is 0 Å². The summed E-state index contributed by atoms with van der Waals surface area (Å²) < 4.78 is 5.37. The van der Waals surface area contributed by atoms with Gasteiger partial charge in [0.25, 0.3) is 0 Å². The second-order valence-corrected chi connectivity index (χ2v) is 4.25. The zero-order chi connectivity index (χ0) is 11.2. The first kappa shape index (κ1) is 9.46. The number of hydrogen-bond acceptors (Lipinski definition) is 3. The lowest BCUT2D eigenvalue weighted by Gasteiger charge is -2.11. The lowest BCUT2D eigenvalue weighted by molar-refractivity contribution is 0.0860. The number of rotatable bonds is 2. The molecule has 2 aliphatic rings. The SMILES string of the molecule is O=C(c1ccccc1)C12CCCC(O)=C1O2. The van der Waals surface area contributed by atoms with Gasteiger partial charge in [0, 0.05) is 18.4 Å². The number of ether oxygens (including phenoxy) is 1. The summed E-state index contributed by atoms with van der Waals surface area (Å²) in [5.41, 5.74) is -0.184. The third-order valence-corrected chi connectivity index (χ3v) is 3.21. The van der Waals surface area contributed by atoms with Crippen LogP contribution in [0.1, 0.15) is 29.6 Å². The molecule has 0 radical (unpaired) electrons. The van der Waals surface area contributed by atoms with Crippen LogP contribution in [0.5, 0.6) is 0 Å². The largest absolute Gasteiger partial charge is 0.509 e. The Balaban J connectivity index is 1.96. The number of hydrogen-bond donors (Lipinski definition) is 1. The quantitative estimate of drug-likeness (QED) is 0.610. The van der Waals surface area contributed by atoms with Gasteiger partial charge in [-0.05, 0) is 6.42 Å². The standard InChI is InChI=1S/C13H12O3/c14-10-7-4-8-13(12(10)16-13)11(15)9-5-2-1-3-6-9/h1-3,5-6,14H,4,7-8H2. The van der Waals surface area contributed by atoms with Crippen molar-refractivity contribution >= 4 is 5.78 Å². The van der Waals surface area contributed by atoms with Crippen molar-refractivity contribution in [1.82, 2.24) is 0 Å². The van der Waals surface area contributed by atoms with Crippen LogP contribution in [0.2, 0.25) is 0 Å². The molecule has 1 atom stereocenters. The van der Waals surface area contributed by atoms with E-state index in [0.29, 0.717) is 24.2 Å². The fourth-order valence-corrected chi connectivity index (χ4v) is 2.31. The van der Waals surface area contributed by atoms with Crippen molar-refractivity contribution in [3.05, 3.63) is 47.4 Å². The molecule has 16 heavy (non-hydrogen) atoms. The molecule has 82 valence electrons. The molecule has 1 fully saturated rings. The Labute approximate surface area is 93.4 Å². The predicted octanol–water partition coefficient (Wildman–Crippen LogP) is 2.59. The minimum Gasteiger partial charge on any atom is -0.509 e. The molecule has 3 nitrogen and oxygen atoms in total. The van der Waals surface area contributed by atoms with E-state index in [4.69, 9.17) is 4.74 Å². The zero-order valence-electron chi connectivity index (χ0n) is 8.77. The van der Waals surface area contributed by atoms with Gasteiger partial charge in [0.05, 0.1) is 0 Å². The van der Waals surface area contributed by atoms with E-state index >= 15 is 0 Å². The first-order valence-corrected chi connectivity index (χ1v) is 5.45. The van der Waals surface area contributed by atoms with Crippen LogP contribution in [0.4, 0.5) is 0 Å². The molecule has 1 aliphatic carbocycles. The topological polar surface area (TPSA) is 49.8 Å². The van der Waals surface area contributed by atoms with E-state index in [0.717, 1.165) is 6.42 Å². The first-order chi connectivity index (χ1) is 7.74. The predicted molar refractivity (Wildman–Crippen MR) is 58.1 cm³/mol. The van der Waals surface area contributed by atoms with E-state index in [-0.39, 0.29) is 11.5 Å². The number of carbonyl (C=O) groups excluding carboxylic acids is 1. The molecular formula is C13H12O3. The van der Waals surface area contributed by atoms with Crippen LogP contribution in [-0.4, -0.2) is 16.5 Å². The summed E-state index contributed by atoms with van der Waals surface area (Å²) in [5.74, 6) is 0.706. The fourth-order valence-electron chi connectivity index (χ4n) is 2.31. The van der Waals surface area contributed by atoms with Crippen molar-refractivity contribution in [3.8, 4) is 0 Å². The highest BCUT2D eigenvalue weighted by atomic mass is 16.6. The molecule has 0 aromatic heterocycles. The van der Waals surface area contributed by atoms with Crippen molar-refractivity contribution in [2.24, 2.45) is 0 Å². The lowest BCUT2D eigenvalue weighted by Crippen LogP contribution is -2.26. The Morgan fingerprint density at radius 2 is 2.06 bits per heavy atom. The second kappa shape index (κ2) is 3.11. The fraction of sp³-hybridized carbons (Fsp3) is 0.308. The molecule has 1 saturated heterocycles. The van der Waals surface area contributed by atoms with Crippen molar-refractivity contribution in [2.75, 3.05) is 0 Å². The molecule has 1 aromatic rings. The van der Waals surface area contributed by atoms with E-state index in [1.54, 1.807) is 12.1 Å². The van der Waals surface area contributed by atoms with Crippen molar-refractivity contribution in [3.63, 3.8) is 0 Å². The molecule has 0 amide bonds. The summed E-state index contributed by atoms with van der Waals surface area (Å²) in [4.78, 5) is 12.2. The normalized spacial score (nSPS) is 27.0. The molecule has 1 N–H and O–H groups in total. The maximum absolute atomic E-state index is 12.2. The first-order valence-electron chi connectivity index (χ1n) is 5.45. The minimum absolute atomic E-state index is 0.0330. The van der Waals surface area contributed by atoms with Crippen LogP contribution in [0.15, 0.2) is 41.9 Å². The van der Waals surface area contributed by atoms with Crippen molar-refractivity contribution in [2.45, 2.75) is 24.9 Å². The van der Waals surface area contributed by atoms with Crippen LogP contribution in [0.3, 0.4) is 0 Å². The summed E-state index contributed by atoms with van der Waals surface area (Å²) in [6, 6.07) is 9.10. The van der Waals surface area contributed by atoms with Gasteiger partial charge in [0.1, 0.15) is 5.76 Å². The Morgan fingerprint density at radius 1 is 1.31 bits per heavy atom. The number of Topliss-reactive ketones (excluding diaryl/α,β-unsaturated/α-hetero) is 1. The molecule has 1 heterocycles. The van der Waals surface area contributed by atoms with Gasteiger partial charge >= 0.3 is 0 Å². The number of benzene rings is 1. The number of ketones is 1. The van der Waals surface area contributed by atoms with Gasteiger partial charge in [-0.3, -0.25) is 4.79 Å². The Morgan fingerprint density at radius 3 is 2.81 bits per heavy atom. The third kappa shape index (κ3) is 1.18. The van der Waals surface area contributed by atoms with Crippen LogP contribution in [0, 0.1) is 0 Å². The van der Waals surface area contributed by atoms with Crippen LogP contribution >= 0.6 is 0 Å². The highest BCUT2D eigenvalue weighted by Crippen LogP contribution is 2.52. The smallest absolute Gasteiger partial charge is 0.231 e. The van der Waals surface area contributed by atoms with E-state index < -0.39 is 5.60 Å². The zero-order valence-corrected chi connectivity index (χ0v) is 8.77. The van der Waals surface area contributed by atoms with Crippen molar-refractivity contribution in [1.29, 1.82) is 0 Å².